The monoisotopic (exact) mass is 233 g/mol. The molecule has 4 heteroatoms. The molecule has 0 spiro atoms. The molecule has 0 amide bonds. The largest absolute Gasteiger partial charge is 0.398 e. The van der Waals surface area contributed by atoms with Crippen LogP contribution < -0.4 is 5.73 Å². The zero-order valence-electron chi connectivity index (χ0n) is 10.9. The fourth-order valence-electron chi connectivity index (χ4n) is 1.63. The Morgan fingerprint density at radius 2 is 1.67 bits per heavy atom. The molecule has 0 aliphatic carbocycles. The molecule has 0 aliphatic heterocycles. The van der Waals surface area contributed by atoms with Crippen molar-refractivity contribution in [2.24, 2.45) is 11.1 Å². The zero-order chi connectivity index (χ0) is 11.9. The summed E-state index contributed by atoms with van der Waals surface area (Å²) < 4.78 is 11.3. The third-order valence-corrected chi connectivity index (χ3v) is 6.87. The molecule has 0 radical (unpaired) electrons. The third-order valence-electron chi connectivity index (χ3n) is 3.11. The number of hydrogen-bond acceptors (Lipinski definition) is 3. The average Bonchev–Trinajstić information content (AvgIpc) is 2.24. The van der Waals surface area contributed by atoms with Gasteiger partial charge in [-0.15, -0.1) is 0 Å². The standard InChI is InChI=1S/C11H27NO2Si/c1-6-8-15(13-4,14-5)9-7-11(2,3)10-12/h6-10,12H2,1-5H3. The molecular formula is C11H27NO2Si. The Balaban J connectivity index is 4.28. The van der Waals surface area contributed by atoms with Gasteiger partial charge in [0, 0.05) is 14.2 Å². The molecule has 92 valence electrons. The summed E-state index contributed by atoms with van der Waals surface area (Å²) in [6.07, 6.45) is 2.20. The van der Waals surface area contributed by atoms with Crippen LogP contribution in [0.4, 0.5) is 0 Å². The zero-order valence-corrected chi connectivity index (χ0v) is 11.9. The lowest BCUT2D eigenvalue weighted by atomic mass is 9.91. The van der Waals surface area contributed by atoms with Gasteiger partial charge in [0.15, 0.2) is 0 Å². The molecule has 0 unspecified atom stereocenters. The second-order valence-corrected chi connectivity index (χ2v) is 8.58. The van der Waals surface area contributed by atoms with Crippen molar-refractivity contribution in [2.75, 3.05) is 20.8 Å². The van der Waals surface area contributed by atoms with Gasteiger partial charge in [-0.25, -0.2) is 0 Å². The minimum atomic E-state index is -1.93. The van der Waals surface area contributed by atoms with E-state index in [1.54, 1.807) is 14.2 Å². The SMILES string of the molecule is CCC[Si](CCC(C)(C)CN)(OC)OC. The van der Waals surface area contributed by atoms with Crippen LogP contribution in [0.15, 0.2) is 0 Å². The van der Waals surface area contributed by atoms with E-state index < -0.39 is 8.56 Å². The summed E-state index contributed by atoms with van der Waals surface area (Å²) in [5.74, 6) is 0. The van der Waals surface area contributed by atoms with Crippen molar-refractivity contribution < 1.29 is 8.85 Å². The van der Waals surface area contributed by atoms with Crippen LogP contribution in [0.5, 0.6) is 0 Å². The van der Waals surface area contributed by atoms with Crippen LogP contribution in [0.1, 0.15) is 33.6 Å². The predicted octanol–water partition coefficient (Wildman–Crippen LogP) is 2.51. The molecule has 0 aromatic heterocycles. The Kier molecular flexibility index (Phi) is 6.67. The highest BCUT2D eigenvalue weighted by Gasteiger charge is 2.35. The van der Waals surface area contributed by atoms with E-state index in [0.29, 0.717) is 0 Å². The van der Waals surface area contributed by atoms with E-state index >= 15 is 0 Å². The molecule has 0 rings (SSSR count). The van der Waals surface area contributed by atoms with E-state index in [2.05, 4.69) is 20.8 Å². The minimum absolute atomic E-state index is 0.197. The van der Waals surface area contributed by atoms with Gasteiger partial charge in [0.25, 0.3) is 0 Å². The maximum atomic E-state index is 5.73. The second-order valence-electron chi connectivity index (χ2n) is 4.94. The van der Waals surface area contributed by atoms with E-state index in [4.69, 9.17) is 14.6 Å². The van der Waals surface area contributed by atoms with Gasteiger partial charge in [0.1, 0.15) is 0 Å². The van der Waals surface area contributed by atoms with Crippen LogP contribution in [0.3, 0.4) is 0 Å². The Hall–Kier alpha value is 0.0969. The van der Waals surface area contributed by atoms with Crippen molar-refractivity contribution >= 4 is 8.56 Å². The molecule has 2 N–H and O–H groups in total. The predicted molar refractivity (Wildman–Crippen MR) is 67.1 cm³/mol. The Labute approximate surface area is 95.6 Å². The molecule has 0 saturated carbocycles. The topological polar surface area (TPSA) is 44.5 Å². The van der Waals surface area contributed by atoms with Gasteiger partial charge in [0.2, 0.25) is 0 Å². The van der Waals surface area contributed by atoms with E-state index in [-0.39, 0.29) is 5.41 Å². The van der Waals surface area contributed by atoms with Crippen molar-refractivity contribution in [3.8, 4) is 0 Å². The lowest BCUT2D eigenvalue weighted by Crippen LogP contribution is -2.41. The fraction of sp³-hybridized carbons (Fsp3) is 1.00. The Bertz CT molecular complexity index is 170. The first-order chi connectivity index (χ1) is 6.95. The number of rotatable bonds is 8. The summed E-state index contributed by atoms with van der Waals surface area (Å²) in [6.45, 7) is 7.29. The van der Waals surface area contributed by atoms with Gasteiger partial charge in [0.05, 0.1) is 0 Å². The second kappa shape index (κ2) is 6.63. The van der Waals surface area contributed by atoms with Crippen molar-refractivity contribution in [2.45, 2.75) is 45.7 Å². The first-order valence-electron chi connectivity index (χ1n) is 5.75. The van der Waals surface area contributed by atoms with Gasteiger partial charge in [-0.1, -0.05) is 27.2 Å². The van der Waals surface area contributed by atoms with Gasteiger partial charge < -0.3 is 14.6 Å². The summed E-state index contributed by atoms with van der Waals surface area (Å²) >= 11 is 0. The maximum absolute atomic E-state index is 5.73. The van der Waals surface area contributed by atoms with Gasteiger partial charge in [-0.3, -0.25) is 0 Å². The van der Waals surface area contributed by atoms with Crippen molar-refractivity contribution in [3.05, 3.63) is 0 Å². The van der Waals surface area contributed by atoms with Crippen molar-refractivity contribution in [1.29, 1.82) is 0 Å². The molecule has 0 bridgehead atoms. The molecule has 0 heterocycles. The lowest BCUT2D eigenvalue weighted by molar-refractivity contribution is 0.230. The number of hydrogen-bond donors (Lipinski definition) is 1. The van der Waals surface area contributed by atoms with Crippen LogP contribution in [-0.4, -0.2) is 29.3 Å². The van der Waals surface area contributed by atoms with Gasteiger partial charge in [-0.05, 0) is 30.5 Å². The first kappa shape index (κ1) is 15.1. The highest BCUT2D eigenvalue weighted by molar-refractivity contribution is 6.67. The molecule has 15 heavy (non-hydrogen) atoms. The van der Waals surface area contributed by atoms with E-state index in [9.17, 15) is 0 Å². The summed E-state index contributed by atoms with van der Waals surface area (Å²) in [4.78, 5) is 0. The third kappa shape index (κ3) is 5.11. The molecule has 0 aromatic carbocycles. The van der Waals surface area contributed by atoms with Crippen LogP contribution in [0.25, 0.3) is 0 Å². The lowest BCUT2D eigenvalue weighted by Gasteiger charge is -2.31. The summed E-state index contributed by atoms with van der Waals surface area (Å²) in [7, 11) is 1.63. The normalized spacial score (nSPS) is 13.2. The Morgan fingerprint density at radius 3 is 2.00 bits per heavy atom. The number of nitrogens with two attached hydrogens (primary N) is 1. The molecule has 0 fully saturated rings. The van der Waals surface area contributed by atoms with Gasteiger partial charge >= 0.3 is 8.56 Å². The summed E-state index contributed by atoms with van der Waals surface area (Å²) in [5.41, 5.74) is 5.92. The summed E-state index contributed by atoms with van der Waals surface area (Å²) in [6, 6.07) is 2.11. The smallest absolute Gasteiger partial charge is 0.337 e. The Morgan fingerprint density at radius 1 is 1.13 bits per heavy atom. The maximum Gasteiger partial charge on any atom is 0.337 e. The minimum Gasteiger partial charge on any atom is -0.398 e. The van der Waals surface area contributed by atoms with E-state index in [1.807, 2.05) is 0 Å². The van der Waals surface area contributed by atoms with E-state index in [0.717, 1.165) is 31.5 Å². The quantitative estimate of drug-likeness (QED) is 0.655. The van der Waals surface area contributed by atoms with Crippen molar-refractivity contribution in [1.82, 2.24) is 0 Å². The van der Waals surface area contributed by atoms with Crippen molar-refractivity contribution in [3.63, 3.8) is 0 Å². The molecule has 0 saturated heterocycles. The summed E-state index contributed by atoms with van der Waals surface area (Å²) in [5, 5.41) is 0. The molecule has 0 aliphatic rings. The molecule has 3 nitrogen and oxygen atoms in total. The highest BCUT2D eigenvalue weighted by atomic mass is 28.4. The van der Waals surface area contributed by atoms with Crippen LogP contribution in [0, 0.1) is 5.41 Å². The van der Waals surface area contributed by atoms with E-state index in [1.165, 1.54) is 0 Å². The first-order valence-corrected chi connectivity index (χ1v) is 7.99. The average molecular weight is 233 g/mol. The van der Waals surface area contributed by atoms with Crippen LogP contribution >= 0.6 is 0 Å². The van der Waals surface area contributed by atoms with Crippen LogP contribution in [0.2, 0.25) is 12.1 Å². The molecule has 0 atom stereocenters. The van der Waals surface area contributed by atoms with Gasteiger partial charge in [-0.2, -0.15) is 0 Å². The molecular weight excluding hydrogens is 206 g/mol. The molecule has 0 aromatic rings. The highest BCUT2D eigenvalue weighted by Crippen LogP contribution is 2.29. The van der Waals surface area contributed by atoms with Crippen LogP contribution in [-0.2, 0) is 8.85 Å². The fourth-order valence-corrected chi connectivity index (χ4v) is 4.68.